The van der Waals surface area contributed by atoms with E-state index >= 15 is 0 Å². The number of hydrazone groups is 1. The van der Waals surface area contributed by atoms with E-state index in [1.807, 2.05) is 24.3 Å². The van der Waals surface area contributed by atoms with E-state index in [1.165, 1.54) is 53.2 Å². The first-order chi connectivity index (χ1) is 20.7. The molecule has 0 radical (unpaired) electrons. The van der Waals surface area contributed by atoms with Gasteiger partial charge in [0.2, 0.25) is 0 Å². The van der Waals surface area contributed by atoms with Crippen LogP contribution in [0.5, 0.6) is 5.75 Å². The molecule has 14 heteroatoms. The lowest BCUT2D eigenvalue weighted by Crippen LogP contribution is -2.28. The van der Waals surface area contributed by atoms with Gasteiger partial charge in [-0.25, -0.2) is 9.40 Å². The number of carbonyl (C=O) groups is 2. The highest BCUT2D eigenvalue weighted by Crippen LogP contribution is 2.34. The van der Waals surface area contributed by atoms with Crippen molar-refractivity contribution in [3.8, 4) is 5.75 Å². The Bertz CT molecular complexity index is 1680. The number of nitro groups is 1. The van der Waals surface area contributed by atoms with Crippen LogP contribution in [-0.2, 0) is 18.4 Å². The summed E-state index contributed by atoms with van der Waals surface area (Å²) in [6.45, 7) is 0.0576. The van der Waals surface area contributed by atoms with E-state index in [0.29, 0.717) is 23.2 Å². The van der Waals surface area contributed by atoms with Crippen molar-refractivity contribution in [2.75, 3.05) is 12.9 Å². The summed E-state index contributed by atoms with van der Waals surface area (Å²) in [7, 11) is 3.31. The zero-order valence-corrected chi connectivity index (χ0v) is 24.0. The van der Waals surface area contributed by atoms with Crippen LogP contribution in [0, 0.1) is 15.9 Å². The molecule has 1 aliphatic heterocycles. The van der Waals surface area contributed by atoms with Crippen molar-refractivity contribution in [1.82, 2.24) is 25.1 Å². The second-order valence-electron chi connectivity index (χ2n) is 9.52. The highest BCUT2D eigenvalue weighted by molar-refractivity contribution is 7.99. The van der Waals surface area contributed by atoms with Crippen LogP contribution in [0.15, 0.2) is 83.1 Å². The Labute approximate surface area is 249 Å². The number of carbonyl (C=O) groups excluding carboxylic acids is 2. The van der Waals surface area contributed by atoms with Gasteiger partial charge in [0.25, 0.3) is 17.5 Å². The first kappa shape index (κ1) is 29.4. The molecule has 0 fully saturated rings. The third-order valence-electron chi connectivity index (χ3n) is 6.84. The van der Waals surface area contributed by atoms with Gasteiger partial charge < -0.3 is 14.6 Å². The minimum Gasteiger partial charge on any atom is -0.497 e. The number of halogens is 1. The second kappa shape index (κ2) is 12.8. The maximum atomic E-state index is 13.6. The number of benzene rings is 3. The molecule has 0 saturated carbocycles. The molecule has 220 valence electrons. The van der Waals surface area contributed by atoms with Gasteiger partial charge in [-0.1, -0.05) is 23.9 Å². The number of ether oxygens (including phenoxy) is 1. The van der Waals surface area contributed by atoms with Crippen molar-refractivity contribution in [3.05, 3.63) is 111 Å². The van der Waals surface area contributed by atoms with Gasteiger partial charge >= 0.3 is 0 Å². The molecule has 2 amide bonds. The largest absolute Gasteiger partial charge is 0.497 e. The van der Waals surface area contributed by atoms with Crippen LogP contribution >= 0.6 is 11.8 Å². The molecule has 1 aliphatic rings. The minimum atomic E-state index is -0.538. The molecule has 0 aliphatic carbocycles. The van der Waals surface area contributed by atoms with Gasteiger partial charge in [0.05, 0.1) is 36.1 Å². The average molecular weight is 604 g/mol. The van der Waals surface area contributed by atoms with Gasteiger partial charge in [-0.15, -0.1) is 10.2 Å². The number of hydrogen-bond donors (Lipinski definition) is 1. The third-order valence-corrected chi connectivity index (χ3v) is 7.85. The van der Waals surface area contributed by atoms with Crippen molar-refractivity contribution in [2.45, 2.75) is 24.2 Å². The molecular weight excluding hydrogens is 577 g/mol. The number of nitrogens with zero attached hydrogens (tertiary/aromatic N) is 6. The molecule has 43 heavy (non-hydrogen) atoms. The first-order valence-electron chi connectivity index (χ1n) is 13.1. The van der Waals surface area contributed by atoms with Crippen LogP contribution < -0.4 is 10.1 Å². The highest BCUT2D eigenvalue weighted by Gasteiger charge is 2.33. The van der Waals surface area contributed by atoms with Gasteiger partial charge in [-0.2, -0.15) is 5.10 Å². The van der Waals surface area contributed by atoms with Crippen molar-refractivity contribution in [3.63, 3.8) is 0 Å². The van der Waals surface area contributed by atoms with Crippen molar-refractivity contribution >= 4 is 35.0 Å². The molecule has 2 heterocycles. The lowest BCUT2D eigenvalue weighted by molar-refractivity contribution is -0.384. The highest BCUT2D eigenvalue weighted by atomic mass is 32.2. The molecule has 1 atom stereocenters. The number of nitrogens with one attached hydrogen (secondary N) is 1. The number of non-ortho nitro benzene ring substituents is 1. The Hall–Kier alpha value is -5.11. The predicted molar refractivity (Wildman–Crippen MR) is 156 cm³/mol. The van der Waals surface area contributed by atoms with Crippen LogP contribution in [-0.4, -0.2) is 55.1 Å². The molecule has 4 aromatic rings. The van der Waals surface area contributed by atoms with Gasteiger partial charge in [0.15, 0.2) is 11.0 Å². The number of methoxy groups -OCH3 is 1. The molecule has 1 aromatic heterocycles. The fourth-order valence-corrected chi connectivity index (χ4v) is 5.24. The molecule has 5 rings (SSSR count). The summed E-state index contributed by atoms with van der Waals surface area (Å²) in [6.07, 6.45) is 0.455. The monoisotopic (exact) mass is 603 g/mol. The first-order valence-corrected chi connectivity index (χ1v) is 14.0. The Morgan fingerprint density at radius 1 is 1.07 bits per heavy atom. The average Bonchev–Trinajstić information content (AvgIpc) is 3.63. The Morgan fingerprint density at radius 3 is 2.42 bits per heavy atom. The third kappa shape index (κ3) is 6.70. The molecule has 0 unspecified atom stereocenters. The zero-order valence-electron chi connectivity index (χ0n) is 23.1. The van der Waals surface area contributed by atoms with E-state index in [4.69, 9.17) is 4.74 Å². The van der Waals surface area contributed by atoms with E-state index in [2.05, 4.69) is 20.6 Å². The summed E-state index contributed by atoms with van der Waals surface area (Å²) in [5, 5.41) is 28.4. The summed E-state index contributed by atoms with van der Waals surface area (Å²) >= 11 is 1.18. The van der Waals surface area contributed by atoms with Gasteiger partial charge in [-0.05, 0) is 59.7 Å². The van der Waals surface area contributed by atoms with E-state index < -0.39 is 16.9 Å². The molecule has 1 N–H and O–H groups in total. The topological polar surface area (TPSA) is 145 Å². The maximum absolute atomic E-state index is 13.6. The van der Waals surface area contributed by atoms with E-state index in [9.17, 15) is 24.1 Å². The summed E-state index contributed by atoms with van der Waals surface area (Å²) in [5.41, 5.74) is 2.49. The predicted octanol–water partition coefficient (Wildman–Crippen LogP) is 4.27. The zero-order chi connectivity index (χ0) is 30.5. The molecule has 0 saturated heterocycles. The summed E-state index contributed by atoms with van der Waals surface area (Å²) in [6, 6.07) is 18.3. The normalized spacial score (nSPS) is 14.3. The smallest absolute Gasteiger partial charge is 0.269 e. The van der Waals surface area contributed by atoms with Crippen LogP contribution in [0.4, 0.5) is 10.1 Å². The maximum Gasteiger partial charge on any atom is 0.269 e. The fraction of sp³-hybridized carbons (Fsp3) is 0.207. The number of thioether (sulfide) groups is 1. The Morgan fingerprint density at radius 2 is 1.77 bits per heavy atom. The molecule has 12 nitrogen and oxygen atoms in total. The summed E-state index contributed by atoms with van der Waals surface area (Å²) in [5.74, 6) is 0.116. The number of nitro benzene ring substituents is 1. The number of hydrogen-bond acceptors (Lipinski definition) is 9. The fourth-order valence-electron chi connectivity index (χ4n) is 4.46. The van der Waals surface area contributed by atoms with E-state index in [-0.39, 0.29) is 35.3 Å². The van der Waals surface area contributed by atoms with Crippen LogP contribution in [0.1, 0.15) is 39.8 Å². The van der Waals surface area contributed by atoms with E-state index in [0.717, 1.165) is 16.8 Å². The molecule has 0 spiro atoms. The van der Waals surface area contributed by atoms with Crippen LogP contribution in [0.3, 0.4) is 0 Å². The SMILES string of the molecule is COc1ccc(C2=NN(C(=O)CSc3nnc(CNC(=O)c4ccc([N+](=O)[O-])cc4)n3C)[C@@H](c3ccc(F)cc3)C2)cc1. The quantitative estimate of drug-likeness (QED) is 0.161. The number of amides is 2. The van der Waals surface area contributed by atoms with Gasteiger partial charge in [0.1, 0.15) is 11.6 Å². The van der Waals surface area contributed by atoms with Crippen molar-refractivity contribution < 1.29 is 23.6 Å². The van der Waals surface area contributed by atoms with Crippen LogP contribution in [0.25, 0.3) is 0 Å². The van der Waals surface area contributed by atoms with Crippen molar-refractivity contribution in [2.24, 2.45) is 12.1 Å². The summed E-state index contributed by atoms with van der Waals surface area (Å²) in [4.78, 5) is 36.2. The number of aromatic nitrogens is 3. The summed E-state index contributed by atoms with van der Waals surface area (Å²) < 4.78 is 20.5. The molecular formula is C29H26FN7O5S. The van der Waals surface area contributed by atoms with E-state index in [1.54, 1.807) is 30.9 Å². The van der Waals surface area contributed by atoms with Gasteiger partial charge in [0, 0.05) is 31.2 Å². The molecule has 0 bridgehead atoms. The Balaban J connectivity index is 1.25. The Kier molecular flexibility index (Phi) is 8.76. The van der Waals surface area contributed by atoms with Crippen LogP contribution in [0.2, 0.25) is 0 Å². The number of rotatable bonds is 10. The molecule has 3 aromatic carbocycles. The second-order valence-corrected chi connectivity index (χ2v) is 10.5. The van der Waals surface area contributed by atoms with Crippen molar-refractivity contribution in [1.29, 1.82) is 0 Å². The minimum absolute atomic E-state index is 0.0121. The lowest BCUT2D eigenvalue weighted by Gasteiger charge is -2.22. The van der Waals surface area contributed by atoms with Gasteiger partial charge in [-0.3, -0.25) is 19.7 Å². The standard InChI is InChI=1S/C29H26FN7O5S/c1-35-26(16-31-28(39)20-5-11-22(12-6-20)37(40)41)32-33-29(35)43-17-27(38)36-25(19-3-9-21(30)10-4-19)15-24(34-36)18-7-13-23(42-2)14-8-18/h3-14,25H,15-17H2,1-2H3,(H,31,39)/t25-/m1/s1. The lowest BCUT2D eigenvalue weighted by atomic mass is 9.98.